The second-order valence-electron chi connectivity index (χ2n) is 9.32. The number of pyridine rings is 1. The Morgan fingerprint density at radius 3 is 2.36 bits per heavy atom. The molecule has 0 saturated heterocycles. The summed E-state index contributed by atoms with van der Waals surface area (Å²) in [6.07, 6.45) is -3.40. The van der Waals surface area contributed by atoms with E-state index >= 15 is 0 Å². The summed E-state index contributed by atoms with van der Waals surface area (Å²) in [5.74, 6) is -1.84. The summed E-state index contributed by atoms with van der Waals surface area (Å²) in [7, 11) is -1.76. The third-order valence-corrected chi connectivity index (χ3v) is 6.27. The highest BCUT2D eigenvalue weighted by molar-refractivity contribution is 6.43. The number of alkyl carbamates (subject to hydrolysis) is 1. The number of hydrogen-bond acceptors (Lipinski definition) is 6. The Morgan fingerprint density at radius 1 is 1.05 bits per heavy atom. The van der Waals surface area contributed by atoms with Crippen LogP contribution in [0.3, 0.4) is 0 Å². The maximum atomic E-state index is 12.8. The molecule has 0 fully saturated rings. The lowest BCUT2D eigenvalue weighted by molar-refractivity contribution is -0.137. The molecule has 2 aromatic carbocycles. The first-order valence-corrected chi connectivity index (χ1v) is 12.4. The quantitative estimate of drug-likeness (QED) is 0.310. The van der Waals surface area contributed by atoms with Crippen molar-refractivity contribution in [1.82, 2.24) is 10.3 Å². The number of carbonyl (C=O) groups excluding carboxylic acids is 1. The smallest absolute Gasteiger partial charge is 0.449 e. The largest absolute Gasteiger partial charge is 0.475 e. The number of rotatable bonds is 11. The van der Waals surface area contributed by atoms with Crippen LogP contribution in [0.4, 0.5) is 18.0 Å². The molecule has 1 amide bonds. The van der Waals surface area contributed by atoms with E-state index in [1.165, 1.54) is 6.07 Å². The molecule has 0 aliphatic rings. The van der Waals surface area contributed by atoms with Gasteiger partial charge in [-0.1, -0.05) is 61.5 Å². The SMILES string of the molecule is CC(Cc1cccc(CCOC(=O)N[C@@H](Cc2ccccc2)B(O)O)c1)C(C#N)c1ccc(C(F)(F)F)cn1. The van der Waals surface area contributed by atoms with E-state index in [0.717, 1.165) is 29.0 Å². The molecule has 1 aromatic heterocycles. The van der Waals surface area contributed by atoms with Gasteiger partial charge in [0.15, 0.2) is 0 Å². The number of halogens is 3. The van der Waals surface area contributed by atoms with Gasteiger partial charge < -0.3 is 20.1 Å². The predicted octanol–water partition coefficient (Wildman–Crippen LogP) is 4.48. The van der Waals surface area contributed by atoms with Crippen LogP contribution in [0.25, 0.3) is 0 Å². The van der Waals surface area contributed by atoms with Crippen molar-refractivity contribution in [2.75, 3.05) is 6.61 Å². The number of nitrogens with zero attached hydrogens (tertiary/aromatic N) is 2. The van der Waals surface area contributed by atoms with Gasteiger partial charge in [0.2, 0.25) is 0 Å². The van der Waals surface area contributed by atoms with Gasteiger partial charge in [0, 0.05) is 12.6 Å². The van der Waals surface area contributed by atoms with Crippen LogP contribution in [0.2, 0.25) is 0 Å². The van der Waals surface area contributed by atoms with Crippen LogP contribution in [0, 0.1) is 17.2 Å². The Hall–Kier alpha value is -3.88. The molecular formula is C28H29BF3N3O4. The van der Waals surface area contributed by atoms with Crippen molar-refractivity contribution >= 4 is 13.2 Å². The number of alkyl halides is 3. The van der Waals surface area contributed by atoms with Crippen molar-refractivity contribution < 1.29 is 32.8 Å². The molecule has 7 nitrogen and oxygen atoms in total. The van der Waals surface area contributed by atoms with Gasteiger partial charge in [0.25, 0.3) is 0 Å². The van der Waals surface area contributed by atoms with Crippen molar-refractivity contribution in [3.8, 4) is 6.07 Å². The highest BCUT2D eigenvalue weighted by Crippen LogP contribution is 2.31. The molecule has 0 aliphatic carbocycles. The number of amides is 1. The minimum atomic E-state index is -4.49. The molecule has 2 unspecified atom stereocenters. The molecule has 204 valence electrons. The van der Waals surface area contributed by atoms with Crippen LogP contribution in [0.15, 0.2) is 72.9 Å². The number of benzene rings is 2. The molecule has 3 atom stereocenters. The van der Waals surface area contributed by atoms with Crippen LogP contribution in [0.1, 0.15) is 40.8 Å². The second kappa shape index (κ2) is 13.8. The lowest BCUT2D eigenvalue weighted by Gasteiger charge is -2.19. The van der Waals surface area contributed by atoms with Gasteiger partial charge in [-0.05, 0) is 47.6 Å². The number of aromatic nitrogens is 1. The van der Waals surface area contributed by atoms with Crippen LogP contribution < -0.4 is 5.32 Å². The molecule has 0 radical (unpaired) electrons. The average Bonchev–Trinajstić information content (AvgIpc) is 2.89. The van der Waals surface area contributed by atoms with Crippen LogP contribution in [0.5, 0.6) is 0 Å². The maximum absolute atomic E-state index is 12.8. The van der Waals surface area contributed by atoms with Gasteiger partial charge in [0.05, 0.1) is 35.8 Å². The van der Waals surface area contributed by atoms with Gasteiger partial charge in [-0.3, -0.25) is 4.98 Å². The van der Waals surface area contributed by atoms with Gasteiger partial charge in [0.1, 0.15) is 0 Å². The van der Waals surface area contributed by atoms with Gasteiger partial charge in [-0.2, -0.15) is 18.4 Å². The molecular weight excluding hydrogens is 510 g/mol. The summed E-state index contributed by atoms with van der Waals surface area (Å²) in [6.45, 7) is 1.90. The highest BCUT2D eigenvalue weighted by Gasteiger charge is 2.31. The Labute approximate surface area is 225 Å². The van der Waals surface area contributed by atoms with Crippen molar-refractivity contribution in [3.05, 3.63) is 101 Å². The van der Waals surface area contributed by atoms with E-state index in [1.807, 2.05) is 61.5 Å². The first-order chi connectivity index (χ1) is 18.6. The molecule has 0 spiro atoms. The molecule has 3 aromatic rings. The standard InChI is InChI=1S/C28H29BF3N3O4/c1-19(24(17-33)25-11-10-23(18-34-25)28(30,31)32)14-22-9-5-8-21(15-22)12-13-39-27(36)35-26(29(37)38)16-20-6-3-2-4-7-20/h2-11,15,18-19,24,26,37-38H,12-14,16H2,1H3,(H,35,36)/t19?,24?,26-/m0/s1. The summed E-state index contributed by atoms with van der Waals surface area (Å²) in [5, 5.41) is 31.4. The van der Waals surface area contributed by atoms with E-state index in [1.54, 1.807) is 0 Å². The zero-order valence-corrected chi connectivity index (χ0v) is 21.3. The Morgan fingerprint density at radius 2 is 1.74 bits per heavy atom. The summed E-state index contributed by atoms with van der Waals surface area (Å²) >= 11 is 0. The molecule has 11 heteroatoms. The third-order valence-electron chi connectivity index (χ3n) is 6.27. The summed E-state index contributed by atoms with van der Waals surface area (Å²) in [6, 6.07) is 20.9. The zero-order chi connectivity index (χ0) is 28.4. The number of ether oxygens (including phenoxy) is 1. The van der Waals surface area contributed by atoms with Crippen molar-refractivity contribution in [2.45, 2.75) is 44.2 Å². The summed E-state index contributed by atoms with van der Waals surface area (Å²) in [5.41, 5.74) is 2.06. The van der Waals surface area contributed by atoms with E-state index in [9.17, 15) is 33.3 Å². The minimum Gasteiger partial charge on any atom is -0.449 e. The lowest BCUT2D eigenvalue weighted by Crippen LogP contribution is -2.48. The Kier molecular flexibility index (Phi) is 10.5. The second-order valence-corrected chi connectivity index (χ2v) is 9.32. The Bertz CT molecular complexity index is 1250. The molecule has 0 saturated carbocycles. The van der Waals surface area contributed by atoms with Crippen LogP contribution in [-0.2, 0) is 30.2 Å². The summed E-state index contributed by atoms with van der Waals surface area (Å²) in [4.78, 5) is 16.1. The van der Waals surface area contributed by atoms with Crippen LogP contribution >= 0.6 is 0 Å². The average molecular weight is 539 g/mol. The van der Waals surface area contributed by atoms with E-state index in [4.69, 9.17) is 4.74 Å². The molecule has 39 heavy (non-hydrogen) atoms. The maximum Gasteiger partial charge on any atom is 0.475 e. The third kappa shape index (κ3) is 9.12. The number of nitrogens with one attached hydrogen (secondary N) is 1. The fourth-order valence-corrected chi connectivity index (χ4v) is 4.20. The lowest BCUT2D eigenvalue weighted by atomic mass is 9.76. The number of nitriles is 1. The molecule has 3 rings (SSSR count). The highest BCUT2D eigenvalue weighted by atomic mass is 19.4. The fourth-order valence-electron chi connectivity index (χ4n) is 4.20. The minimum absolute atomic E-state index is 0.0563. The monoisotopic (exact) mass is 539 g/mol. The topological polar surface area (TPSA) is 115 Å². The number of hydrogen-bond donors (Lipinski definition) is 3. The first kappa shape index (κ1) is 29.7. The van der Waals surface area contributed by atoms with E-state index in [0.29, 0.717) is 12.8 Å². The summed E-state index contributed by atoms with van der Waals surface area (Å²) < 4.78 is 43.7. The van der Waals surface area contributed by atoms with Gasteiger partial charge in [-0.15, -0.1) is 0 Å². The van der Waals surface area contributed by atoms with Crippen molar-refractivity contribution in [3.63, 3.8) is 0 Å². The normalized spacial score (nSPS) is 13.6. The van der Waals surface area contributed by atoms with Gasteiger partial charge in [-0.25, -0.2) is 4.79 Å². The van der Waals surface area contributed by atoms with E-state index in [2.05, 4.69) is 16.4 Å². The number of carbonyl (C=O) groups is 1. The van der Waals surface area contributed by atoms with Crippen LogP contribution in [-0.4, -0.2) is 40.8 Å². The molecule has 0 aliphatic heterocycles. The zero-order valence-electron chi connectivity index (χ0n) is 21.3. The van der Waals surface area contributed by atoms with E-state index in [-0.39, 0.29) is 24.6 Å². The predicted molar refractivity (Wildman–Crippen MR) is 139 cm³/mol. The molecule has 1 heterocycles. The first-order valence-electron chi connectivity index (χ1n) is 12.4. The van der Waals surface area contributed by atoms with Crippen molar-refractivity contribution in [1.29, 1.82) is 5.26 Å². The van der Waals surface area contributed by atoms with Crippen molar-refractivity contribution in [2.24, 2.45) is 5.92 Å². The molecule has 3 N–H and O–H groups in total. The van der Waals surface area contributed by atoms with E-state index < -0.39 is 36.8 Å². The molecule has 0 bridgehead atoms. The fraction of sp³-hybridized carbons (Fsp3) is 0.321. The van der Waals surface area contributed by atoms with Gasteiger partial charge >= 0.3 is 19.4 Å². The Balaban J connectivity index is 1.52.